The van der Waals surface area contributed by atoms with Crippen LogP contribution in [0.1, 0.15) is 33.5 Å². The third kappa shape index (κ3) is 1.94. The molecule has 1 aliphatic heterocycles. The molecule has 1 aromatic rings. The Morgan fingerprint density at radius 3 is 2.40 bits per heavy atom. The van der Waals surface area contributed by atoms with Gasteiger partial charge < -0.3 is 14.8 Å². The Hall–Kier alpha value is -1.41. The normalized spacial score (nSPS) is 21.6. The zero-order valence-electron chi connectivity index (χ0n) is 12.1. The van der Waals surface area contributed by atoms with Crippen LogP contribution in [-0.4, -0.2) is 45.5 Å². The molecule has 0 fully saturated rings. The van der Waals surface area contributed by atoms with Gasteiger partial charge in [0.05, 0.1) is 19.5 Å². The number of hydrogen-bond acceptors (Lipinski definition) is 6. The summed E-state index contributed by atoms with van der Waals surface area (Å²) in [6, 6.07) is 1.44. The van der Waals surface area contributed by atoms with E-state index in [4.69, 9.17) is 13.9 Å². The van der Waals surface area contributed by atoms with E-state index < -0.39 is 11.6 Å². The summed E-state index contributed by atoms with van der Waals surface area (Å²) < 4.78 is 16.7. The van der Waals surface area contributed by atoms with Crippen LogP contribution in [0.4, 0.5) is 0 Å². The van der Waals surface area contributed by atoms with Crippen LogP contribution >= 0.6 is 0 Å². The molecule has 0 atom stereocenters. The van der Waals surface area contributed by atoms with E-state index in [2.05, 4.69) is 0 Å². The van der Waals surface area contributed by atoms with Gasteiger partial charge in [-0.2, -0.15) is 0 Å². The van der Waals surface area contributed by atoms with Crippen molar-refractivity contribution in [3.05, 3.63) is 29.4 Å². The molecular formula is C13H20N2O5. The maximum Gasteiger partial charge on any atom is 0.492 e. The van der Waals surface area contributed by atoms with Gasteiger partial charge in [-0.3, -0.25) is 9.47 Å². The highest BCUT2D eigenvalue weighted by Gasteiger charge is 2.66. The van der Waals surface area contributed by atoms with Crippen molar-refractivity contribution >= 4 is 5.71 Å². The fourth-order valence-electron chi connectivity index (χ4n) is 2.40. The van der Waals surface area contributed by atoms with Crippen molar-refractivity contribution in [3.8, 4) is 0 Å². The van der Waals surface area contributed by atoms with Crippen LogP contribution in [0.2, 0.25) is 0 Å². The molecule has 0 amide bonds. The second kappa shape index (κ2) is 5.17. The van der Waals surface area contributed by atoms with E-state index in [1.54, 1.807) is 39.8 Å². The average Bonchev–Trinajstić information content (AvgIpc) is 2.94. The van der Waals surface area contributed by atoms with Gasteiger partial charge in [0.1, 0.15) is 5.54 Å². The SMILES string of the molecule is CCOC1(OCC)N(O)C(C)(C)C(c2ccco2)=[N+]1[O-]. The molecule has 0 unspecified atom stereocenters. The molecule has 0 saturated heterocycles. The van der Waals surface area contributed by atoms with Crippen LogP contribution in [0.15, 0.2) is 22.8 Å². The predicted molar refractivity (Wildman–Crippen MR) is 70.1 cm³/mol. The molecule has 0 spiro atoms. The highest BCUT2D eigenvalue weighted by molar-refractivity contribution is 6.02. The number of hydroxylamine groups is 3. The van der Waals surface area contributed by atoms with E-state index in [-0.39, 0.29) is 18.9 Å². The molecule has 0 saturated carbocycles. The summed E-state index contributed by atoms with van der Waals surface area (Å²) in [7, 11) is 0. The largest absolute Gasteiger partial charge is 0.618 e. The topological polar surface area (TPSA) is 81.1 Å². The Morgan fingerprint density at radius 2 is 1.95 bits per heavy atom. The standard InChI is InChI=1S/C13H20N2O5/c1-5-19-13(20-6-2)14(16)11(10-8-7-9-18-10)12(3,4)15(13)17/h7-9,17H,5-6H2,1-4H3. The van der Waals surface area contributed by atoms with E-state index in [9.17, 15) is 10.4 Å². The third-order valence-electron chi connectivity index (χ3n) is 3.26. The molecule has 0 aliphatic carbocycles. The van der Waals surface area contributed by atoms with E-state index in [1.807, 2.05) is 0 Å². The van der Waals surface area contributed by atoms with Crippen LogP contribution in [-0.2, 0) is 9.47 Å². The summed E-state index contributed by atoms with van der Waals surface area (Å²) in [5.41, 5.74) is -0.781. The average molecular weight is 284 g/mol. The molecule has 112 valence electrons. The van der Waals surface area contributed by atoms with Gasteiger partial charge in [-0.05, 0) is 39.8 Å². The molecule has 0 radical (unpaired) electrons. The van der Waals surface area contributed by atoms with Crippen molar-refractivity contribution in [2.45, 2.75) is 39.3 Å². The van der Waals surface area contributed by atoms with E-state index >= 15 is 0 Å². The van der Waals surface area contributed by atoms with Gasteiger partial charge in [-0.25, -0.2) is 0 Å². The maximum atomic E-state index is 12.7. The first kappa shape index (κ1) is 15.0. The molecule has 0 bridgehead atoms. The predicted octanol–water partition coefficient (Wildman–Crippen LogP) is 1.75. The molecule has 0 aromatic carbocycles. The van der Waals surface area contributed by atoms with Crippen LogP contribution in [0.25, 0.3) is 0 Å². The molecular weight excluding hydrogens is 264 g/mol. The zero-order chi connectivity index (χ0) is 15.0. The van der Waals surface area contributed by atoms with Crippen LogP contribution in [0.5, 0.6) is 0 Å². The number of nitrogens with zero attached hydrogens (tertiary/aromatic N) is 2. The Labute approximate surface area is 117 Å². The molecule has 1 aromatic heterocycles. The number of ether oxygens (including phenoxy) is 2. The highest BCUT2D eigenvalue weighted by Crippen LogP contribution is 2.37. The lowest BCUT2D eigenvalue weighted by Gasteiger charge is -2.32. The fourth-order valence-corrected chi connectivity index (χ4v) is 2.40. The lowest BCUT2D eigenvalue weighted by atomic mass is 9.97. The summed E-state index contributed by atoms with van der Waals surface area (Å²) in [5.74, 6) is 0.366. The quantitative estimate of drug-likeness (QED) is 0.504. The van der Waals surface area contributed by atoms with E-state index in [0.29, 0.717) is 10.5 Å². The number of hydrogen-bond donors (Lipinski definition) is 1. The van der Waals surface area contributed by atoms with E-state index in [1.165, 1.54) is 6.26 Å². The summed E-state index contributed by atoms with van der Waals surface area (Å²) >= 11 is 0. The lowest BCUT2D eigenvalue weighted by Crippen LogP contribution is -2.58. The molecule has 1 aliphatic rings. The molecule has 7 nitrogen and oxygen atoms in total. The summed E-state index contributed by atoms with van der Waals surface area (Å²) in [4.78, 5) is 0. The second-order valence-electron chi connectivity index (χ2n) is 4.91. The van der Waals surface area contributed by atoms with Gasteiger partial charge in [0.2, 0.25) is 0 Å². The van der Waals surface area contributed by atoms with Gasteiger partial charge in [0.25, 0.3) is 5.71 Å². The smallest absolute Gasteiger partial charge is 0.492 e. The maximum absolute atomic E-state index is 12.7. The number of furan rings is 1. The van der Waals surface area contributed by atoms with Gasteiger partial charge in [0.15, 0.2) is 5.76 Å². The van der Waals surface area contributed by atoms with Crippen molar-refractivity contribution in [3.63, 3.8) is 0 Å². The summed E-state index contributed by atoms with van der Waals surface area (Å²) in [5, 5.41) is 23.9. The van der Waals surface area contributed by atoms with Crippen molar-refractivity contribution in [1.82, 2.24) is 5.06 Å². The van der Waals surface area contributed by atoms with Crippen LogP contribution < -0.4 is 0 Å². The minimum absolute atomic E-state index is 0.206. The number of rotatable bonds is 5. The first-order valence-electron chi connectivity index (χ1n) is 6.57. The zero-order valence-corrected chi connectivity index (χ0v) is 12.1. The molecule has 20 heavy (non-hydrogen) atoms. The molecule has 1 N–H and O–H groups in total. The Morgan fingerprint density at radius 1 is 1.35 bits per heavy atom. The van der Waals surface area contributed by atoms with Crippen molar-refractivity contribution in [2.75, 3.05) is 13.2 Å². The second-order valence-corrected chi connectivity index (χ2v) is 4.91. The first-order valence-corrected chi connectivity index (χ1v) is 6.57. The minimum Gasteiger partial charge on any atom is -0.618 e. The van der Waals surface area contributed by atoms with Gasteiger partial charge >= 0.3 is 6.03 Å². The Kier molecular flexibility index (Phi) is 3.88. The molecule has 7 heteroatoms. The lowest BCUT2D eigenvalue weighted by molar-refractivity contribution is -0.722. The van der Waals surface area contributed by atoms with Crippen molar-refractivity contribution in [1.29, 1.82) is 0 Å². The van der Waals surface area contributed by atoms with Gasteiger partial charge in [-0.1, -0.05) is 5.06 Å². The third-order valence-corrected chi connectivity index (χ3v) is 3.26. The van der Waals surface area contributed by atoms with Crippen LogP contribution in [0, 0.1) is 5.21 Å². The fraction of sp³-hybridized carbons (Fsp3) is 0.615. The highest BCUT2D eigenvalue weighted by atomic mass is 16.8. The van der Waals surface area contributed by atoms with Crippen LogP contribution in [0.3, 0.4) is 0 Å². The first-order chi connectivity index (χ1) is 9.41. The summed E-state index contributed by atoms with van der Waals surface area (Å²) in [6.45, 7) is 7.24. The Bertz CT molecular complexity index is 489. The Balaban J connectivity index is 2.60. The van der Waals surface area contributed by atoms with Gasteiger partial charge in [-0.15, -0.1) is 4.74 Å². The van der Waals surface area contributed by atoms with Crippen molar-refractivity contribution < 1.29 is 23.8 Å². The van der Waals surface area contributed by atoms with Gasteiger partial charge in [0, 0.05) is 0 Å². The summed E-state index contributed by atoms with van der Waals surface area (Å²) in [6.07, 6.45) is 1.47. The minimum atomic E-state index is -1.89. The van der Waals surface area contributed by atoms with Crippen molar-refractivity contribution in [2.24, 2.45) is 0 Å². The molecule has 2 rings (SSSR count). The monoisotopic (exact) mass is 284 g/mol. The van der Waals surface area contributed by atoms with E-state index in [0.717, 1.165) is 5.06 Å². The molecule has 2 heterocycles.